The van der Waals surface area contributed by atoms with Crippen LogP contribution in [0.25, 0.3) is 0 Å². The van der Waals surface area contributed by atoms with E-state index >= 15 is 0 Å². The van der Waals surface area contributed by atoms with Crippen molar-refractivity contribution in [3.63, 3.8) is 0 Å². The molecule has 3 nitrogen and oxygen atoms in total. The molecule has 0 spiro atoms. The maximum Gasteiger partial charge on any atom is 0.254 e. The highest BCUT2D eigenvalue weighted by atomic mass is 79.9. The summed E-state index contributed by atoms with van der Waals surface area (Å²) >= 11 is 3.40. The Labute approximate surface area is 127 Å². The van der Waals surface area contributed by atoms with Crippen LogP contribution in [0.1, 0.15) is 16.1 Å². The Morgan fingerprint density at radius 1 is 1.40 bits per heavy atom. The second-order valence-corrected chi connectivity index (χ2v) is 5.51. The van der Waals surface area contributed by atoms with Crippen LogP contribution in [0.3, 0.4) is 0 Å². The van der Waals surface area contributed by atoms with Crippen molar-refractivity contribution in [1.82, 2.24) is 9.47 Å². The first-order valence-corrected chi connectivity index (χ1v) is 7.17. The van der Waals surface area contributed by atoms with Crippen LogP contribution in [0.4, 0.5) is 0 Å². The third-order valence-corrected chi connectivity index (χ3v) is 3.61. The third-order valence-electron chi connectivity index (χ3n) is 3.11. The van der Waals surface area contributed by atoms with Gasteiger partial charge in [0.15, 0.2) is 0 Å². The van der Waals surface area contributed by atoms with E-state index in [-0.39, 0.29) is 5.91 Å². The molecule has 0 saturated heterocycles. The number of halogens is 1. The molecule has 1 amide bonds. The number of hydrogen-bond donors (Lipinski definition) is 0. The molecule has 0 bridgehead atoms. The van der Waals surface area contributed by atoms with E-state index in [9.17, 15) is 4.79 Å². The lowest BCUT2D eigenvalue weighted by Gasteiger charge is -2.21. The molecule has 0 N–H and O–H groups in total. The maximum absolute atomic E-state index is 12.6. The molecule has 4 heteroatoms. The first-order chi connectivity index (χ1) is 9.61. The zero-order valence-electron chi connectivity index (χ0n) is 11.4. The van der Waals surface area contributed by atoms with Gasteiger partial charge in [0.2, 0.25) is 0 Å². The Morgan fingerprint density at radius 3 is 2.80 bits per heavy atom. The summed E-state index contributed by atoms with van der Waals surface area (Å²) in [6, 6.07) is 11.4. The van der Waals surface area contributed by atoms with Crippen molar-refractivity contribution < 1.29 is 4.79 Å². The van der Waals surface area contributed by atoms with Crippen LogP contribution >= 0.6 is 15.9 Å². The smallest absolute Gasteiger partial charge is 0.254 e. The maximum atomic E-state index is 12.6. The van der Waals surface area contributed by atoms with Gasteiger partial charge in [0.05, 0.1) is 6.54 Å². The van der Waals surface area contributed by atoms with Gasteiger partial charge in [-0.1, -0.05) is 28.1 Å². The summed E-state index contributed by atoms with van der Waals surface area (Å²) < 4.78 is 2.92. The van der Waals surface area contributed by atoms with Gasteiger partial charge < -0.3 is 9.47 Å². The average molecular weight is 333 g/mol. The number of aromatic nitrogens is 1. The van der Waals surface area contributed by atoms with Gasteiger partial charge in [-0.15, -0.1) is 6.58 Å². The Balaban J connectivity index is 2.22. The van der Waals surface area contributed by atoms with Crippen LogP contribution < -0.4 is 0 Å². The van der Waals surface area contributed by atoms with Crippen LogP contribution in [0.2, 0.25) is 0 Å². The summed E-state index contributed by atoms with van der Waals surface area (Å²) in [6.45, 7) is 4.83. The Bertz CT molecular complexity index is 618. The molecule has 0 aliphatic rings. The number of aryl methyl sites for hydroxylation is 1. The summed E-state index contributed by atoms with van der Waals surface area (Å²) in [6.07, 6.45) is 3.73. The van der Waals surface area contributed by atoms with Crippen molar-refractivity contribution in [1.29, 1.82) is 0 Å². The SMILES string of the molecule is C=CCN(Cc1cccn1C)C(=O)c1cccc(Br)c1. The quantitative estimate of drug-likeness (QED) is 0.768. The fraction of sp³-hybridized carbons (Fsp3) is 0.188. The first-order valence-electron chi connectivity index (χ1n) is 6.37. The topological polar surface area (TPSA) is 25.2 Å². The van der Waals surface area contributed by atoms with E-state index in [1.807, 2.05) is 54.2 Å². The number of rotatable bonds is 5. The van der Waals surface area contributed by atoms with Crippen molar-refractivity contribution in [2.24, 2.45) is 7.05 Å². The van der Waals surface area contributed by atoms with Gasteiger partial charge in [0.25, 0.3) is 5.91 Å². The standard InChI is InChI=1S/C16H17BrN2O/c1-3-9-19(12-15-8-5-10-18(15)2)16(20)13-6-4-7-14(17)11-13/h3-8,10-11H,1,9,12H2,2H3. The lowest BCUT2D eigenvalue weighted by Crippen LogP contribution is -2.31. The molecule has 0 aliphatic heterocycles. The van der Waals surface area contributed by atoms with Crippen molar-refractivity contribution in [2.45, 2.75) is 6.54 Å². The summed E-state index contributed by atoms with van der Waals surface area (Å²) in [5.74, 6) is 0.00685. The van der Waals surface area contributed by atoms with Gasteiger partial charge in [0.1, 0.15) is 0 Å². The normalized spacial score (nSPS) is 10.3. The fourth-order valence-corrected chi connectivity index (χ4v) is 2.43. The predicted octanol–water partition coefficient (Wildman–Crippen LogP) is 3.62. The van der Waals surface area contributed by atoms with Gasteiger partial charge >= 0.3 is 0 Å². The Morgan fingerprint density at radius 2 is 2.20 bits per heavy atom. The third kappa shape index (κ3) is 3.39. The highest BCUT2D eigenvalue weighted by molar-refractivity contribution is 9.10. The van der Waals surface area contributed by atoms with E-state index in [4.69, 9.17) is 0 Å². The summed E-state index contributed by atoms with van der Waals surface area (Å²) in [4.78, 5) is 14.4. The molecular formula is C16H17BrN2O. The highest BCUT2D eigenvalue weighted by Crippen LogP contribution is 2.15. The molecule has 2 rings (SSSR count). The van der Waals surface area contributed by atoms with E-state index < -0.39 is 0 Å². The molecule has 0 radical (unpaired) electrons. The van der Waals surface area contributed by atoms with Gasteiger partial charge in [-0.05, 0) is 30.3 Å². The number of hydrogen-bond acceptors (Lipinski definition) is 1. The average Bonchev–Trinajstić information content (AvgIpc) is 2.83. The molecule has 1 aromatic heterocycles. The molecule has 0 fully saturated rings. The molecule has 1 aromatic carbocycles. The lowest BCUT2D eigenvalue weighted by atomic mass is 10.2. The minimum absolute atomic E-state index is 0.00685. The Kier molecular flexibility index (Phi) is 4.79. The largest absolute Gasteiger partial charge is 0.353 e. The van der Waals surface area contributed by atoms with Crippen LogP contribution in [0, 0.1) is 0 Å². The van der Waals surface area contributed by atoms with E-state index in [1.165, 1.54) is 0 Å². The molecule has 2 aromatic rings. The van der Waals surface area contributed by atoms with E-state index in [2.05, 4.69) is 22.5 Å². The summed E-state index contributed by atoms with van der Waals surface area (Å²) in [5, 5.41) is 0. The number of benzene rings is 1. The molecule has 1 heterocycles. The molecular weight excluding hydrogens is 316 g/mol. The van der Waals surface area contributed by atoms with E-state index in [0.29, 0.717) is 18.7 Å². The number of amides is 1. The van der Waals surface area contributed by atoms with Crippen molar-refractivity contribution >= 4 is 21.8 Å². The van der Waals surface area contributed by atoms with Crippen molar-refractivity contribution in [3.8, 4) is 0 Å². The zero-order valence-corrected chi connectivity index (χ0v) is 13.0. The predicted molar refractivity (Wildman–Crippen MR) is 84.5 cm³/mol. The minimum Gasteiger partial charge on any atom is -0.353 e. The van der Waals surface area contributed by atoms with Crippen LogP contribution in [-0.2, 0) is 13.6 Å². The molecule has 0 aliphatic carbocycles. The zero-order chi connectivity index (χ0) is 14.5. The van der Waals surface area contributed by atoms with Gasteiger partial charge in [0, 0.05) is 35.5 Å². The minimum atomic E-state index is 0.00685. The highest BCUT2D eigenvalue weighted by Gasteiger charge is 2.16. The fourth-order valence-electron chi connectivity index (χ4n) is 2.04. The second kappa shape index (κ2) is 6.57. The number of nitrogens with zero attached hydrogens (tertiary/aromatic N) is 2. The number of carbonyl (C=O) groups excluding carboxylic acids is 1. The first kappa shape index (κ1) is 14.6. The lowest BCUT2D eigenvalue weighted by molar-refractivity contribution is 0.0759. The van der Waals surface area contributed by atoms with Crippen LogP contribution in [0.5, 0.6) is 0 Å². The van der Waals surface area contributed by atoms with Gasteiger partial charge in [-0.3, -0.25) is 4.79 Å². The molecule has 0 saturated carbocycles. The second-order valence-electron chi connectivity index (χ2n) is 4.60. The van der Waals surface area contributed by atoms with Crippen LogP contribution in [0.15, 0.2) is 59.7 Å². The van der Waals surface area contributed by atoms with E-state index in [0.717, 1.165) is 10.2 Å². The summed E-state index contributed by atoms with van der Waals surface area (Å²) in [7, 11) is 1.98. The molecule has 104 valence electrons. The van der Waals surface area contributed by atoms with Crippen LogP contribution in [-0.4, -0.2) is 21.9 Å². The van der Waals surface area contributed by atoms with Crippen molar-refractivity contribution in [3.05, 3.63) is 71.0 Å². The Hall–Kier alpha value is -1.81. The van der Waals surface area contributed by atoms with Gasteiger partial charge in [-0.2, -0.15) is 0 Å². The number of carbonyl (C=O) groups is 1. The van der Waals surface area contributed by atoms with Gasteiger partial charge in [-0.25, -0.2) is 0 Å². The monoisotopic (exact) mass is 332 g/mol. The van der Waals surface area contributed by atoms with E-state index in [1.54, 1.807) is 11.0 Å². The van der Waals surface area contributed by atoms with Crippen molar-refractivity contribution in [2.75, 3.05) is 6.54 Å². The molecule has 20 heavy (non-hydrogen) atoms. The molecule has 0 unspecified atom stereocenters. The molecule has 0 atom stereocenters. The summed E-state index contributed by atoms with van der Waals surface area (Å²) in [5.41, 5.74) is 1.77.